The Labute approximate surface area is 569 Å². The van der Waals surface area contributed by atoms with Gasteiger partial charge in [-0.2, -0.15) is 0 Å². The number of amides is 4. The van der Waals surface area contributed by atoms with Crippen molar-refractivity contribution in [3.05, 3.63) is 0 Å². The monoisotopic (exact) mass is 1320 g/mol. The maximum absolute atomic E-state index is 13.2. The number of rotatable bonds is 74. The van der Waals surface area contributed by atoms with Crippen molar-refractivity contribution in [2.24, 2.45) is 0 Å². The van der Waals surface area contributed by atoms with Gasteiger partial charge in [-0.15, -0.1) is 0 Å². The lowest BCUT2D eigenvalue weighted by molar-refractivity contribution is -0.123. The van der Waals surface area contributed by atoms with Crippen molar-refractivity contribution in [3.8, 4) is 0 Å². The van der Waals surface area contributed by atoms with Crippen LogP contribution in [0.2, 0.25) is 38.3 Å². The van der Waals surface area contributed by atoms with Crippen LogP contribution in [0.5, 0.6) is 0 Å². The molecule has 4 N–H and O–H groups in total. The Morgan fingerprint density at radius 3 is 0.582 bits per heavy atom. The Bertz CT molecular complexity index is 1390. The first-order valence-electron chi connectivity index (χ1n) is 40.5. The maximum atomic E-state index is 13.2. The summed E-state index contributed by atoms with van der Waals surface area (Å²) in [5, 5.41) is 12.9. The summed E-state index contributed by atoms with van der Waals surface area (Å²) in [6.07, 6.45) is 66.7. The Morgan fingerprint density at radius 2 is 0.407 bits per heavy atom. The SMILES string of the molecule is CCCCCCCCCCCCCCNC(=O)CCN(CCC[Si](C)(C)O[Si](C)(C)CCCN(CCC(=O)NCCCCCCCCCCCCCC)CCC(=O)NCCCCCCCCCCCCCC)CCC(=O)NCCCCCCCCCCCCCC. The van der Waals surface area contributed by atoms with E-state index in [0.717, 1.165) is 89.9 Å². The van der Waals surface area contributed by atoms with Crippen molar-refractivity contribution in [2.75, 3.05) is 65.4 Å². The molecule has 0 heterocycles. The zero-order valence-electron chi connectivity index (χ0n) is 62.6. The summed E-state index contributed by atoms with van der Waals surface area (Å²) in [5.41, 5.74) is 0. The van der Waals surface area contributed by atoms with Crippen molar-refractivity contribution in [1.82, 2.24) is 31.1 Å². The van der Waals surface area contributed by atoms with Gasteiger partial charge in [0.25, 0.3) is 0 Å². The minimum atomic E-state index is -2.04. The number of nitrogens with zero attached hydrogens (tertiary/aromatic N) is 2. The van der Waals surface area contributed by atoms with Crippen LogP contribution in [0.3, 0.4) is 0 Å². The number of carbonyl (C=O) groups is 4. The van der Waals surface area contributed by atoms with Crippen LogP contribution < -0.4 is 21.3 Å². The fraction of sp³-hybridized carbons (Fsp3) is 0.949. The van der Waals surface area contributed by atoms with Crippen molar-refractivity contribution in [2.45, 2.75) is 413 Å². The van der Waals surface area contributed by atoms with E-state index in [9.17, 15) is 19.2 Å². The molecule has 0 aromatic rings. The van der Waals surface area contributed by atoms with Gasteiger partial charge in [-0.05, 0) is 89.9 Å². The van der Waals surface area contributed by atoms with Crippen LogP contribution in [0.4, 0.5) is 0 Å². The summed E-state index contributed by atoms with van der Waals surface area (Å²) in [7, 11) is -4.07. The first kappa shape index (κ1) is 89.2. The average Bonchev–Trinajstić information content (AvgIpc) is 3.31. The molecule has 0 atom stereocenters. The van der Waals surface area contributed by atoms with E-state index in [1.807, 2.05) is 0 Å². The number of hydrogen-bond donors (Lipinski definition) is 4. The van der Waals surface area contributed by atoms with E-state index < -0.39 is 16.6 Å². The molecule has 540 valence electrons. The highest BCUT2D eigenvalue weighted by Gasteiger charge is 2.33. The van der Waals surface area contributed by atoms with Gasteiger partial charge in [-0.3, -0.25) is 19.2 Å². The molecule has 11 nitrogen and oxygen atoms in total. The Kier molecular flexibility index (Phi) is 66.8. The van der Waals surface area contributed by atoms with Gasteiger partial charge in [0.05, 0.1) is 0 Å². The average molecular weight is 1320 g/mol. The Morgan fingerprint density at radius 1 is 0.242 bits per heavy atom. The molecule has 13 heteroatoms. The fourth-order valence-corrected chi connectivity index (χ4v) is 22.0. The van der Waals surface area contributed by atoms with Crippen LogP contribution in [-0.4, -0.2) is 116 Å². The van der Waals surface area contributed by atoms with Crippen molar-refractivity contribution >= 4 is 40.3 Å². The highest BCUT2D eigenvalue weighted by atomic mass is 28.4. The first-order chi connectivity index (χ1) is 44.3. The normalized spacial score (nSPS) is 12.0. The van der Waals surface area contributed by atoms with Crippen LogP contribution in [0, 0.1) is 0 Å². The smallest absolute Gasteiger partial charge is 0.221 e. The summed E-state index contributed by atoms with van der Waals surface area (Å²) in [5.74, 6) is 0.483. The Hall–Kier alpha value is -1.81. The third-order valence-electron chi connectivity index (χ3n) is 19.1. The van der Waals surface area contributed by atoms with E-state index in [-0.39, 0.29) is 23.6 Å². The van der Waals surface area contributed by atoms with Gasteiger partial charge < -0.3 is 35.2 Å². The number of nitrogens with one attached hydrogen (secondary N) is 4. The zero-order chi connectivity index (χ0) is 66.7. The van der Waals surface area contributed by atoms with Crippen molar-refractivity contribution in [3.63, 3.8) is 0 Å². The molecule has 0 aliphatic heterocycles. The van der Waals surface area contributed by atoms with Gasteiger partial charge in [-0.25, -0.2) is 0 Å². The lowest BCUT2D eigenvalue weighted by atomic mass is 10.1. The topological polar surface area (TPSA) is 132 Å². The van der Waals surface area contributed by atoms with E-state index in [1.54, 1.807) is 0 Å². The number of carbonyl (C=O) groups excluding carboxylic acids is 4. The van der Waals surface area contributed by atoms with Crippen molar-refractivity contribution < 1.29 is 23.3 Å². The van der Waals surface area contributed by atoms with Crippen LogP contribution in [0.25, 0.3) is 0 Å². The van der Waals surface area contributed by atoms with Gasteiger partial charge >= 0.3 is 0 Å². The predicted molar refractivity (Wildman–Crippen MR) is 403 cm³/mol. The molecule has 0 saturated carbocycles. The quantitative estimate of drug-likeness (QED) is 0.0352. The predicted octanol–water partition coefficient (Wildman–Crippen LogP) is 21.6. The van der Waals surface area contributed by atoms with Gasteiger partial charge in [-0.1, -0.05) is 310 Å². The molecule has 0 aromatic heterocycles. The molecule has 0 spiro atoms. The van der Waals surface area contributed by atoms with Crippen molar-refractivity contribution in [1.29, 1.82) is 0 Å². The molecule has 0 aliphatic carbocycles. The van der Waals surface area contributed by atoms with Gasteiger partial charge in [0.2, 0.25) is 23.6 Å². The van der Waals surface area contributed by atoms with Crippen LogP contribution in [0.1, 0.15) is 374 Å². The van der Waals surface area contributed by atoms with E-state index in [0.29, 0.717) is 51.9 Å². The molecular weight excluding hydrogens is 1160 g/mol. The summed E-state index contributed by atoms with van der Waals surface area (Å²) in [6, 6.07) is 2.07. The second-order valence-corrected chi connectivity index (χ2v) is 38.3. The molecule has 0 unspecified atom stereocenters. The molecular formula is C78H160N6O5Si2. The highest BCUT2D eigenvalue weighted by Crippen LogP contribution is 2.25. The molecule has 0 aliphatic rings. The summed E-state index contributed by atoms with van der Waals surface area (Å²) >= 11 is 0. The molecule has 0 radical (unpaired) electrons. The second kappa shape index (κ2) is 68.1. The van der Waals surface area contributed by atoms with E-state index in [2.05, 4.69) is 84.9 Å². The molecule has 0 bridgehead atoms. The van der Waals surface area contributed by atoms with Crippen LogP contribution >= 0.6 is 0 Å². The van der Waals surface area contributed by atoms with E-state index >= 15 is 0 Å². The fourth-order valence-electron chi connectivity index (χ4n) is 13.1. The molecule has 0 rings (SSSR count). The minimum absolute atomic E-state index is 0.121. The summed E-state index contributed by atoms with van der Waals surface area (Å²) in [6.45, 7) is 26.0. The van der Waals surface area contributed by atoms with Crippen LogP contribution in [0.15, 0.2) is 0 Å². The molecule has 4 amide bonds. The third kappa shape index (κ3) is 68.0. The summed E-state index contributed by atoms with van der Waals surface area (Å²) < 4.78 is 7.22. The highest BCUT2D eigenvalue weighted by molar-refractivity contribution is 6.84. The lowest BCUT2D eigenvalue weighted by Gasteiger charge is -2.35. The standard InChI is InChI=1S/C78H160N6O5Si2/c1-9-13-17-21-25-29-33-37-41-45-49-53-63-79-75(85)59-69-83(70-60-76(86)80-64-54-50-46-42-38-34-30-26-22-18-14-10-2)67-57-73-90(5,6)89-91(7,8)74-58-68-84(71-61-77(87)81-65-55-51-47-43-39-35-31-27-23-19-15-11-3)72-62-78(88)82-66-56-52-48-44-40-36-32-28-24-20-16-12-4/h9-74H2,1-8H3,(H,79,85)(H,80,86)(H,81,87)(H,82,88). The van der Waals surface area contributed by atoms with Gasteiger partial charge in [0.15, 0.2) is 16.6 Å². The van der Waals surface area contributed by atoms with Gasteiger partial charge in [0.1, 0.15) is 0 Å². The molecule has 0 aromatic carbocycles. The zero-order valence-corrected chi connectivity index (χ0v) is 64.6. The Balaban J connectivity index is 5.26. The molecule has 91 heavy (non-hydrogen) atoms. The summed E-state index contributed by atoms with van der Waals surface area (Å²) in [4.78, 5) is 57.4. The number of unbranched alkanes of at least 4 members (excludes halogenated alkanes) is 44. The largest absolute Gasteiger partial charge is 0.455 e. The molecule has 0 saturated heterocycles. The van der Waals surface area contributed by atoms with Crippen LogP contribution in [-0.2, 0) is 23.3 Å². The van der Waals surface area contributed by atoms with Gasteiger partial charge in [0, 0.05) is 78.0 Å². The lowest BCUT2D eigenvalue weighted by Crippen LogP contribution is -2.45. The van der Waals surface area contributed by atoms with E-state index in [4.69, 9.17) is 4.12 Å². The third-order valence-corrected chi connectivity index (χ3v) is 26.6. The van der Waals surface area contributed by atoms with E-state index in [1.165, 1.54) is 283 Å². The molecule has 0 fully saturated rings. The maximum Gasteiger partial charge on any atom is 0.221 e. The second-order valence-electron chi connectivity index (χ2n) is 29.5. The number of hydrogen-bond acceptors (Lipinski definition) is 7. The minimum Gasteiger partial charge on any atom is -0.455 e. The first-order valence-corrected chi connectivity index (χ1v) is 46.7.